The maximum Gasteiger partial charge on any atom is 0.236 e. The fourth-order valence-corrected chi connectivity index (χ4v) is 3.02. The van der Waals surface area contributed by atoms with Crippen molar-refractivity contribution in [3.63, 3.8) is 0 Å². The molecule has 0 aromatic heterocycles. The summed E-state index contributed by atoms with van der Waals surface area (Å²) in [6.45, 7) is 2.40. The van der Waals surface area contributed by atoms with Crippen molar-refractivity contribution in [3.8, 4) is 0 Å². The zero-order valence-electron chi connectivity index (χ0n) is 12.1. The number of rotatable bonds is 4. The summed E-state index contributed by atoms with van der Waals surface area (Å²) in [6.07, 6.45) is 1.25. The van der Waals surface area contributed by atoms with Crippen LogP contribution < -0.4 is 0 Å². The molecule has 0 aliphatic carbocycles. The molecule has 1 aromatic carbocycles. The molecule has 0 saturated carbocycles. The Kier molecular flexibility index (Phi) is 5.88. The highest BCUT2D eigenvalue weighted by Crippen LogP contribution is 2.20. The number of amides is 1. The van der Waals surface area contributed by atoms with Crippen LogP contribution in [0.1, 0.15) is 18.4 Å². The third kappa shape index (κ3) is 5.15. The number of aliphatic hydroxyl groups excluding tert-OH is 1. The number of carbonyl (C=O) groups is 1. The molecular formula is C15H20Cl2N2O2. The number of benzene rings is 1. The Balaban J connectivity index is 1.87. The number of halogens is 2. The van der Waals surface area contributed by atoms with Crippen LogP contribution in [0.4, 0.5) is 0 Å². The molecule has 4 nitrogen and oxygen atoms in total. The Morgan fingerprint density at radius 1 is 1.29 bits per heavy atom. The molecule has 21 heavy (non-hydrogen) atoms. The van der Waals surface area contributed by atoms with Crippen molar-refractivity contribution in [1.29, 1.82) is 0 Å². The summed E-state index contributed by atoms with van der Waals surface area (Å²) in [5.74, 6) is 0.0579. The first kappa shape index (κ1) is 16.6. The van der Waals surface area contributed by atoms with Crippen molar-refractivity contribution < 1.29 is 9.90 Å². The van der Waals surface area contributed by atoms with Gasteiger partial charge in [0.1, 0.15) is 0 Å². The normalized spacial score (nSPS) is 17.0. The summed E-state index contributed by atoms with van der Waals surface area (Å²) in [6, 6.07) is 5.30. The number of aliphatic hydroxyl groups is 1. The van der Waals surface area contributed by atoms with Gasteiger partial charge >= 0.3 is 0 Å². The number of nitrogens with zero attached hydrogens (tertiary/aromatic N) is 2. The van der Waals surface area contributed by atoms with E-state index in [-0.39, 0.29) is 12.0 Å². The monoisotopic (exact) mass is 330 g/mol. The second-order valence-corrected chi connectivity index (χ2v) is 6.41. The molecule has 1 fully saturated rings. The zero-order valence-corrected chi connectivity index (χ0v) is 13.6. The summed E-state index contributed by atoms with van der Waals surface area (Å²) in [5.41, 5.74) is 0.914. The fraction of sp³-hybridized carbons (Fsp3) is 0.533. The Morgan fingerprint density at radius 2 is 1.86 bits per heavy atom. The molecule has 1 amide bonds. The van der Waals surface area contributed by atoms with Gasteiger partial charge in [0.2, 0.25) is 5.91 Å². The standard InChI is InChI=1S/C15H20Cl2N2O2/c1-18(9-11-6-12(16)8-13(17)7-11)15(21)10-19-4-2-14(20)3-5-19/h6-8,14,20H,2-5,9-10H2,1H3. The van der Waals surface area contributed by atoms with Crippen LogP contribution in [-0.2, 0) is 11.3 Å². The number of likely N-dealkylation sites (N-methyl/N-ethyl adjacent to an activating group) is 1. The third-order valence-electron chi connectivity index (χ3n) is 3.68. The molecule has 0 radical (unpaired) electrons. The Bertz CT molecular complexity index is 482. The van der Waals surface area contributed by atoms with Crippen molar-refractivity contribution in [1.82, 2.24) is 9.80 Å². The zero-order chi connectivity index (χ0) is 15.4. The van der Waals surface area contributed by atoms with E-state index < -0.39 is 0 Å². The first-order valence-electron chi connectivity index (χ1n) is 7.03. The Hall–Kier alpha value is -0.810. The summed E-state index contributed by atoms with van der Waals surface area (Å²) in [5, 5.41) is 10.6. The van der Waals surface area contributed by atoms with Gasteiger partial charge in [-0.05, 0) is 36.6 Å². The van der Waals surface area contributed by atoms with E-state index >= 15 is 0 Å². The van der Waals surface area contributed by atoms with Gasteiger partial charge < -0.3 is 10.0 Å². The first-order valence-corrected chi connectivity index (χ1v) is 7.79. The van der Waals surface area contributed by atoms with Crippen LogP contribution in [0.15, 0.2) is 18.2 Å². The highest BCUT2D eigenvalue weighted by atomic mass is 35.5. The lowest BCUT2D eigenvalue weighted by Crippen LogP contribution is -2.43. The van der Waals surface area contributed by atoms with Crippen molar-refractivity contribution in [3.05, 3.63) is 33.8 Å². The molecule has 0 unspecified atom stereocenters. The fourth-order valence-electron chi connectivity index (χ4n) is 2.45. The van der Waals surface area contributed by atoms with E-state index in [9.17, 15) is 9.90 Å². The van der Waals surface area contributed by atoms with Crippen LogP contribution in [0.3, 0.4) is 0 Å². The molecule has 1 saturated heterocycles. The maximum atomic E-state index is 12.2. The quantitative estimate of drug-likeness (QED) is 0.921. The smallest absolute Gasteiger partial charge is 0.236 e. The van der Waals surface area contributed by atoms with Crippen LogP contribution >= 0.6 is 23.2 Å². The summed E-state index contributed by atoms with van der Waals surface area (Å²) in [4.78, 5) is 16.0. The van der Waals surface area contributed by atoms with Crippen molar-refractivity contribution in [2.75, 3.05) is 26.7 Å². The van der Waals surface area contributed by atoms with Crippen LogP contribution in [0.5, 0.6) is 0 Å². The van der Waals surface area contributed by atoms with E-state index in [1.807, 2.05) is 12.1 Å². The molecule has 0 bridgehead atoms. The topological polar surface area (TPSA) is 43.8 Å². The van der Waals surface area contributed by atoms with Gasteiger partial charge in [0.25, 0.3) is 0 Å². The average Bonchev–Trinajstić information content (AvgIpc) is 2.40. The van der Waals surface area contributed by atoms with E-state index in [0.29, 0.717) is 23.1 Å². The van der Waals surface area contributed by atoms with E-state index in [4.69, 9.17) is 23.2 Å². The largest absolute Gasteiger partial charge is 0.393 e. The second kappa shape index (κ2) is 7.45. The van der Waals surface area contributed by atoms with Gasteiger partial charge in [-0.3, -0.25) is 9.69 Å². The molecule has 1 aromatic rings. The number of hydrogen-bond donors (Lipinski definition) is 1. The molecule has 6 heteroatoms. The predicted octanol–water partition coefficient (Wildman–Crippen LogP) is 2.41. The van der Waals surface area contributed by atoms with Crippen molar-refractivity contribution in [2.24, 2.45) is 0 Å². The number of piperidine rings is 1. The molecule has 1 aliphatic rings. The van der Waals surface area contributed by atoms with Crippen LogP contribution in [-0.4, -0.2) is 53.6 Å². The van der Waals surface area contributed by atoms with Gasteiger partial charge in [0, 0.05) is 36.7 Å². The maximum absolute atomic E-state index is 12.2. The first-order chi connectivity index (χ1) is 9.94. The molecule has 1 N–H and O–H groups in total. The van der Waals surface area contributed by atoms with E-state index in [2.05, 4.69) is 4.90 Å². The molecule has 2 rings (SSSR count). The SMILES string of the molecule is CN(Cc1cc(Cl)cc(Cl)c1)C(=O)CN1CCC(O)CC1. The minimum Gasteiger partial charge on any atom is -0.393 e. The molecule has 1 aliphatic heterocycles. The molecule has 0 atom stereocenters. The minimum absolute atomic E-state index is 0.0579. The third-order valence-corrected chi connectivity index (χ3v) is 4.12. The van der Waals surface area contributed by atoms with Crippen molar-refractivity contribution in [2.45, 2.75) is 25.5 Å². The minimum atomic E-state index is -0.220. The van der Waals surface area contributed by atoms with E-state index in [1.54, 1.807) is 18.0 Å². The van der Waals surface area contributed by atoms with Gasteiger partial charge in [0.15, 0.2) is 0 Å². The van der Waals surface area contributed by atoms with Gasteiger partial charge in [-0.2, -0.15) is 0 Å². The van der Waals surface area contributed by atoms with Crippen LogP contribution in [0.2, 0.25) is 10.0 Å². The lowest BCUT2D eigenvalue weighted by atomic mass is 10.1. The number of hydrogen-bond acceptors (Lipinski definition) is 3. The van der Waals surface area contributed by atoms with Gasteiger partial charge in [0.05, 0.1) is 12.6 Å². The molecule has 116 valence electrons. The summed E-state index contributed by atoms with van der Waals surface area (Å²) < 4.78 is 0. The average molecular weight is 331 g/mol. The number of likely N-dealkylation sites (tertiary alicyclic amines) is 1. The lowest BCUT2D eigenvalue weighted by Gasteiger charge is -2.30. The second-order valence-electron chi connectivity index (χ2n) is 5.53. The summed E-state index contributed by atoms with van der Waals surface area (Å²) >= 11 is 11.9. The molecular weight excluding hydrogens is 311 g/mol. The molecule has 0 spiro atoms. The van der Waals surface area contributed by atoms with Gasteiger partial charge in [-0.25, -0.2) is 0 Å². The van der Waals surface area contributed by atoms with E-state index in [1.165, 1.54) is 0 Å². The van der Waals surface area contributed by atoms with E-state index in [0.717, 1.165) is 31.5 Å². The highest BCUT2D eigenvalue weighted by Gasteiger charge is 2.20. The highest BCUT2D eigenvalue weighted by molar-refractivity contribution is 6.34. The molecule has 1 heterocycles. The van der Waals surface area contributed by atoms with Crippen LogP contribution in [0, 0.1) is 0 Å². The van der Waals surface area contributed by atoms with Crippen molar-refractivity contribution >= 4 is 29.1 Å². The lowest BCUT2D eigenvalue weighted by molar-refractivity contribution is -0.132. The van der Waals surface area contributed by atoms with Crippen LogP contribution in [0.25, 0.3) is 0 Å². The van der Waals surface area contributed by atoms with Gasteiger partial charge in [-0.15, -0.1) is 0 Å². The Morgan fingerprint density at radius 3 is 2.43 bits per heavy atom. The Labute approximate surface area is 135 Å². The van der Waals surface area contributed by atoms with Gasteiger partial charge in [-0.1, -0.05) is 23.2 Å². The summed E-state index contributed by atoms with van der Waals surface area (Å²) in [7, 11) is 1.77. The predicted molar refractivity (Wildman–Crippen MR) is 84.6 cm³/mol. The number of carbonyl (C=O) groups excluding carboxylic acids is 1.